The third-order valence-corrected chi connectivity index (χ3v) is 3.87. The Morgan fingerprint density at radius 1 is 1.21 bits per heavy atom. The van der Waals surface area contributed by atoms with Crippen molar-refractivity contribution in [1.82, 2.24) is 15.5 Å². The number of fused-ring (bicyclic) bond motifs is 1. The van der Waals surface area contributed by atoms with E-state index in [2.05, 4.69) is 26.0 Å². The van der Waals surface area contributed by atoms with Gasteiger partial charge < -0.3 is 14.8 Å². The first kappa shape index (κ1) is 19.1. The second kappa shape index (κ2) is 9.31. The van der Waals surface area contributed by atoms with Crippen LogP contribution in [0.25, 0.3) is 10.8 Å². The van der Waals surface area contributed by atoms with Crippen LogP contribution in [0.3, 0.4) is 0 Å². The maximum absolute atomic E-state index is 11.5. The van der Waals surface area contributed by atoms with E-state index in [1.807, 2.05) is 37.3 Å². The SMILES string of the molecule is CCNC(=O)COc1ccc(/C=N\Nc2nncc3ccccc23)cc1OC. The van der Waals surface area contributed by atoms with Crippen LogP contribution in [0.1, 0.15) is 12.5 Å². The zero-order valence-electron chi connectivity index (χ0n) is 15.7. The summed E-state index contributed by atoms with van der Waals surface area (Å²) < 4.78 is 10.8. The Morgan fingerprint density at radius 3 is 2.89 bits per heavy atom. The molecule has 0 aliphatic carbocycles. The molecule has 0 fully saturated rings. The molecule has 28 heavy (non-hydrogen) atoms. The smallest absolute Gasteiger partial charge is 0.257 e. The highest BCUT2D eigenvalue weighted by molar-refractivity contribution is 5.91. The number of rotatable bonds is 8. The van der Waals surface area contributed by atoms with Crippen LogP contribution in [0.2, 0.25) is 0 Å². The molecule has 0 saturated carbocycles. The summed E-state index contributed by atoms with van der Waals surface area (Å²) in [5.41, 5.74) is 3.71. The lowest BCUT2D eigenvalue weighted by Crippen LogP contribution is -2.28. The molecule has 2 N–H and O–H groups in total. The van der Waals surface area contributed by atoms with Gasteiger partial charge in [-0.25, -0.2) is 0 Å². The number of nitrogens with zero attached hydrogens (tertiary/aromatic N) is 3. The lowest BCUT2D eigenvalue weighted by molar-refractivity contribution is -0.123. The molecule has 0 saturated heterocycles. The van der Waals surface area contributed by atoms with E-state index in [1.54, 1.807) is 31.7 Å². The molecule has 2 aromatic carbocycles. The van der Waals surface area contributed by atoms with Crippen molar-refractivity contribution in [3.05, 3.63) is 54.2 Å². The molecule has 144 valence electrons. The van der Waals surface area contributed by atoms with Gasteiger partial charge in [-0.1, -0.05) is 24.3 Å². The van der Waals surface area contributed by atoms with Crippen LogP contribution in [-0.2, 0) is 4.79 Å². The number of hydrazone groups is 1. The summed E-state index contributed by atoms with van der Waals surface area (Å²) >= 11 is 0. The molecule has 8 nitrogen and oxygen atoms in total. The minimum atomic E-state index is -0.185. The largest absolute Gasteiger partial charge is 0.493 e. The zero-order valence-corrected chi connectivity index (χ0v) is 15.7. The summed E-state index contributed by atoms with van der Waals surface area (Å²) in [4.78, 5) is 11.5. The normalized spacial score (nSPS) is 10.8. The number of benzene rings is 2. The Bertz CT molecular complexity index is 985. The van der Waals surface area contributed by atoms with E-state index in [0.717, 1.165) is 16.3 Å². The molecule has 1 heterocycles. The number of nitrogens with one attached hydrogen (secondary N) is 2. The van der Waals surface area contributed by atoms with E-state index in [0.29, 0.717) is 23.9 Å². The van der Waals surface area contributed by atoms with Crippen molar-refractivity contribution in [2.45, 2.75) is 6.92 Å². The average Bonchev–Trinajstić information content (AvgIpc) is 2.73. The summed E-state index contributed by atoms with van der Waals surface area (Å²) in [6.45, 7) is 2.34. The summed E-state index contributed by atoms with van der Waals surface area (Å²) in [5.74, 6) is 1.38. The number of hydrogen-bond donors (Lipinski definition) is 2. The number of ether oxygens (including phenoxy) is 2. The first-order valence-electron chi connectivity index (χ1n) is 8.78. The Kier molecular flexibility index (Phi) is 6.35. The first-order valence-corrected chi connectivity index (χ1v) is 8.78. The molecule has 3 rings (SSSR count). The van der Waals surface area contributed by atoms with Crippen molar-refractivity contribution in [3.63, 3.8) is 0 Å². The molecule has 8 heteroatoms. The Hall–Kier alpha value is -3.68. The number of aromatic nitrogens is 2. The molecule has 1 amide bonds. The molecule has 0 bridgehead atoms. The second-order valence-electron chi connectivity index (χ2n) is 5.80. The van der Waals surface area contributed by atoms with Crippen LogP contribution in [0, 0.1) is 0 Å². The van der Waals surface area contributed by atoms with Gasteiger partial charge in [-0.15, -0.1) is 5.10 Å². The van der Waals surface area contributed by atoms with Gasteiger partial charge in [0.25, 0.3) is 5.91 Å². The molecule has 0 unspecified atom stereocenters. The topological polar surface area (TPSA) is 97.7 Å². The van der Waals surface area contributed by atoms with Gasteiger partial charge in [-0.3, -0.25) is 10.2 Å². The molecule has 1 aromatic heterocycles. The molecule has 0 radical (unpaired) electrons. The van der Waals surface area contributed by atoms with Gasteiger partial charge in [-0.2, -0.15) is 10.2 Å². The molecule has 0 atom stereocenters. The van der Waals surface area contributed by atoms with E-state index in [9.17, 15) is 4.79 Å². The quantitative estimate of drug-likeness (QED) is 0.461. The van der Waals surface area contributed by atoms with Crippen molar-refractivity contribution in [3.8, 4) is 11.5 Å². The van der Waals surface area contributed by atoms with Gasteiger partial charge in [0.1, 0.15) is 0 Å². The van der Waals surface area contributed by atoms with Gasteiger partial charge in [0.2, 0.25) is 0 Å². The number of amides is 1. The third kappa shape index (κ3) is 4.73. The van der Waals surface area contributed by atoms with Crippen LogP contribution in [0.15, 0.2) is 53.8 Å². The average molecular weight is 379 g/mol. The van der Waals surface area contributed by atoms with Crippen LogP contribution in [0.5, 0.6) is 11.5 Å². The summed E-state index contributed by atoms with van der Waals surface area (Å²) in [5, 5.41) is 16.9. The molecule has 0 aliphatic heterocycles. The maximum atomic E-state index is 11.5. The lowest BCUT2D eigenvalue weighted by Gasteiger charge is -2.11. The summed E-state index contributed by atoms with van der Waals surface area (Å²) in [6.07, 6.45) is 3.34. The number of anilines is 1. The minimum Gasteiger partial charge on any atom is -0.493 e. The van der Waals surface area contributed by atoms with Gasteiger partial charge in [0.05, 0.1) is 19.5 Å². The van der Waals surface area contributed by atoms with Crippen molar-refractivity contribution < 1.29 is 14.3 Å². The highest BCUT2D eigenvalue weighted by Gasteiger charge is 2.08. The highest BCUT2D eigenvalue weighted by Crippen LogP contribution is 2.27. The molecule has 0 spiro atoms. The van der Waals surface area contributed by atoms with E-state index in [-0.39, 0.29) is 12.5 Å². The molecular weight excluding hydrogens is 358 g/mol. The fourth-order valence-corrected chi connectivity index (χ4v) is 2.55. The van der Waals surface area contributed by atoms with Crippen LogP contribution in [-0.4, -0.2) is 42.6 Å². The predicted octanol–water partition coefficient (Wildman–Crippen LogP) is 2.60. The summed E-state index contributed by atoms with van der Waals surface area (Å²) in [7, 11) is 1.54. The zero-order chi connectivity index (χ0) is 19.8. The number of carbonyl (C=O) groups excluding carboxylic acids is 1. The van der Waals surface area contributed by atoms with Gasteiger partial charge in [-0.05, 0) is 30.7 Å². The molecular formula is C20H21N5O3. The lowest BCUT2D eigenvalue weighted by atomic mass is 10.2. The van der Waals surface area contributed by atoms with Crippen molar-refractivity contribution >= 4 is 28.7 Å². The van der Waals surface area contributed by atoms with Crippen LogP contribution >= 0.6 is 0 Å². The number of carbonyl (C=O) groups is 1. The van der Waals surface area contributed by atoms with Gasteiger partial charge in [0, 0.05) is 17.3 Å². The van der Waals surface area contributed by atoms with Crippen molar-refractivity contribution in [1.29, 1.82) is 0 Å². The van der Waals surface area contributed by atoms with Gasteiger partial charge >= 0.3 is 0 Å². The number of likely N-dealkylation sites (N-methyl/N-ethyl adjacent to an activating group) is 1. The Labute approximate surface area is 162 Å². The second-order valence-corrected chi connectivity index (χ2v) is 5.80. The maximum Gasteiger partial charge on any atom is 0.257 e. The first-order chi connectivity index (χ1) is 13.7. The Morgan fingerprint density at radius 2 is 2.07 bits per heavy atom. The van der Waals surface area contributed by atoms with E-state index in [1.165, 1.54) is 0 Å². The van der Waals surface area contributed by atoms with E-state index >= 15 is 0 Å². The molecule has 3 aromatic rings. The fraction of sp³-hybridized carbons (Fsp3) is 0.200. The third-order valence-electron chi connectivity index (χ3n) is 3.87. The van der Waals surface area contributed by atoms with Crippen LogP contribution < -0.4 is 20.2 Å². The highest BCUT2D eigenvalue weighted by atomic mass is 16.5. The predicted molar refractivity (Wildman–Crippen MR) is 108 cm³/mol. The fourth-order valence-electron chi connectivity index (χ4n) is 2.55. The van der Waals surface area contributed by atoms with Gasteiger partial charge in [0.15, 0.2) is 23.9 Å². The summed E-state index contributed by atoms with van der Waals surface area (Å²) in [6, 6.07) is 13.1. The Balaban J connectivity index is 1.69. The van der Waals surface area contributed by atoms with E-state index in [4.69, 9.17) is 9.47 Å². The minimum absolute atomic E-state index is 0.0705. The van der Waals surface area contributed by atoms with Crippen molar-refractivity contribution in [2.24, 2.45) is 5.10 Å². The monoisotopic (exact) mass is 379 g/mol. The number of methoxy groups -OCH3 is 1. The van der Waals surface area contributed by atoms with E-state index < -0.39 is 0 Å². The molecule has 0 aliphatic rings. The van der Waals surface area contributed by atoms with Crippen LogP contribution in [0.4, 0.5) is 5.82 Å². The van der Waals surface area contributed by atoms with Crippen molar-refractivity contribution in [2.75, 3.05) is 25.7 Å². The number of hydrogen-bond acceptors (Lipinski definition) is 7. The standard InChI is InChI=1S/C20H21N5O3/c1-3-21-19(26)13-28-17-9-8-14(10-18(17)27-2)11-22-24-20-16-7-5-4-6-15(16)12-23-25-20/h4-12H,3,13H2,1-2H3,(H,21,26)(H,24,25)/b22-11-.